The zero-order valence-corrected chi connectivity index (χ0v) is 14.4. The number of imide groups is 1. The number of amides is 3. The van der Waals surface area contributed by atoms with Gasteiger partial charge < -0.3 is 5.32 Å². The lowest BCUT2D eigenvalue weighted by atomic mass is 9.76. The number of carbonyl (C=O) groups excluding carboxylic acids is 3. The van der Waals surface area contributed by atoms with Crippen molar-refractivity contribution in [2.45, 2.75) is 18.5 Å². The summed E-state index contributed by atoms with van der Waals surface area (Å²) in [5.74, 6) is -3.35. The smallest absolute Gasteiger partial charge is 0.250 e. The molecule has 2 aromatic carbocycles. The summed E-state index contributed by atoms with van der Waals surface area (Å²) in [5, 5.41) is 6.05. The van der Waals surface area contributed by atoms with Crippen molar-refractivity contribution in [1.82, 2.24) is 5.32 Å². The SMILES string of the molecule is C[C@@H]1N[C@]2(C(=O)Nc3ccccc32)[C@H]2C(=O)N(c3cccc(F)c3)C(=O)[C@H]12. The molecule has 3 amide bonds. The summed E-state index contributed by atoms with van der Waals surface area (Å²) < 4.78 is 13.7. The molecule has 0 unspecified atom stereocenters. The first kappa shape index (κ1) is 16.1. The van der Waals surface area contributed by atoms with Crippen LogP contribution < -0.4 is 15.5 Å². The van der Waals surface area contributed by atoms with Crippen molar-refractivity contribution in [2.24, 2.45) is 11.8 Å². The van der Waals surface area contributed by atoms with Crippen molar-refractivity contribution >= 4 is 29.1 Å². The van der Waals surface area contributed by atoms with E-state index in [0.717, 1.165) is 11.0 Å². The first-order chi connectivity index (χ1) is 12.9. The second-order valence-corrected chi connectivity index (χ2v) is 7.24. The van der Waals surface area contributed by atoms with Gasteiger partial charge in [-0.3, -0.25) is 19.7 Å². The summed E-state index contributed by atoms with van der Waals surface area (Å²) in [6.45, 7) is 1.79. The summed E-state index contributed by atoms with van der Waals surface area (Å²) in [5.41, 5.74) is 0.188. The number of anilines is 2. The lowest BCUT2D eigenvalue weighted by Gasteiger charge is -2.29. The van der Waals surface area contributed by atoms with Crippen molar-refractivity contribution in [3.8, 4) is 0 Å². The average molecular weight is 365 g/mol. The van der Waals surface area contributed by atoms with Gasteiger partial charge in [-0.15, -0.1) is 0 Å². The Morgan fingerprint density at radius 2 is 1.81 bits per heavy atom. The third-order valence-electron chi connectivity index (χ3n) is 5.84. The molecular weight excluding hydrogens is 349 g/mol. The van der Waals surface area contributed by atoms with Gasteiger partial charge in [-0.1, -0.05) is 24.3 Å². The molecule has 2 N–H and O–H groups in total. The van der Waals surface area contributed by atoms with Gasteiger partial charge >= 0.3 is 0 Å². The van der Waals surface area contributed by atoms with Gasteiger partial charge in [-0.25, -0.2) is 9.29 Å². The molecule has 136 valence electrons. The second-order valence-electron chi connectivity index (χ2n) is 7.24. The molecule has 1 spiro atoms. The fraction of sp³-hybridized carbons (Fsp3) is 0.250. The van der Waals surface area contributed by atoms with Crippen LogP contribution in [-0.4, -0.2) is 23.8 Å². The highest BCUT2D eigenvalue weighted by Gasteiger charge is 2.69. The van der Waals surface area contributed by atoms with Crippen LogP contribution in [0.3, 0.4) is 0 Å². The number of benzene rings is 2. The quantitative estimate of drug-likeness (QED) is 0.755. The molecule has 3 aliphatic heterocycles. The van der Waals surface area contributed by atoms with Crippen molar-refractivity contribution in [3.05, 3.63) is 59.9 Å². The molecular formula is C20H16FN3O3. The monoisotopic (exact) mass is 365 g/mol. The van der Waals surface area contributed by atoms with E-state index in [1.54, 1.807) is 31.2 Å². The number of nitrogens with zero attached hydrogens (tertiary/aromatic N) is 1. The summed E-state index contributed by atoms with van der Waals surface area (Å²) in [4.78, 5) is 40.4. The Bertz CT molecular complexity index is 1020. The second kappa shape index (κ2) is 5.23. The first-order valence-electron chi connectivity index (χ1n) is 8.77. The zero-order chi connectivity index (χ0) is 18.9. The molecule has 0 radical (unpaired) electrons. The molecule has 2 fully saturated rings. The number of rotatable bonds is 1. The van der Waals surface area contributed by atoms with E-state index >= 15 is 0 Å². The van der Waals surface area contributed by atoms with E-state index in [4.69, 9.17) is 0 Å². The fourth-order valence-electron chi connectivity index (χ4n) is 4.79. The van der Waals surface area contributed by atoms with Crippen LogP contribution in [0.15, 0.2) is 48.5 Å². The summed E-state index contributed by atoms with van der Waals surface area (Å²) >= 11 is 0. The van der Waals surface area contributed by atoms with Gasteiger partial charge in [0.2, 0.25) is 17.7 Å². The van der Waals surface area contributed by atoms with E-state index in [-0.39, 0.29) is 17.6 Å². The number of hydrogen-bond acceptors (Lipinski definition) is 4. The Labute approximate surface area is 154 Å². The molecule has 0 bridgehead atoms. The van der Waals surface area contributed by atoms with Gasteiger partial charge in [-0.2, -0.15) is 0 Å². The molecule has 3 heterocycles. The van der Waals surface area contributed by atoms with Crippen LogP contribution in [0.5, 0.6) is 0 Å². The molecule has 7 heteroatoms. The number of carbonyl (C=O) groups is 3. The van der Waals surface area contributed by atoms with Crippen LogP contribution in [0, 0.1) is 17.7 Å². The topological polar surface area (TPSA) is 78.5 Å². The van der Waals surface area contributed by atoms with Crippen LogP contribution in [0.4, 0.5) is 15.8 Å². The fourth-order valence-corrected chi connectivity index (χ4v) is 4.79. The largest absolute Gasteiger partial charge is 0.324 e. The normalized spacial score (nSPS) is 31.4. The van der Waals surface area contributed by atoms with E-state index < -0.39 is 35.0 Å². The van der Waals surface area contributed by atoms with Gasteiger partial charge in [0.1, 0.15) is 11.4 Å². The highest BCUT2D eigenvalue weighted by molar-refractivity contribution is 6.25. The molecule has 5 rings (SSSR count). The molecule has 0 saturated carbocycles. The van der Waals surface area contributed by atoms with Crippen LogP contribution >= 0.6 is 0 Å². The highest BCUT2D eigenvalue weighted by atomic mass is 19.1. The minimum absolute atomic E-state index is 0.188. The van der Waals surface area contributed by atoms with Crippen molar-refractivity contribution in [2.75, 3.05) is 10.2 Å². The number of para-hydroxylation sites is 1. The molecule has 27 heavy (non-hydrogen) atoms. The van der Waals surface area contributed by atoms with Crippen molar-refractivity contribution in [1.29, 1.82) is 0 Å². The Kier molecular flexibility index (Phi) is 3.13. The van der Waals surface area contributed by atoms with Gasteiger partial charge in [0.05, 0.1) is 17.5 Å². The minimum Gasteiger partial charge on any atom is -0.324 e. The number of hydrogen-bond donors (Lipinski definition) is 2. The minimum atomic E-state index is -1.30. The van der Waals surface area contributed by atoms with Crippen LogP contribution in [0.2, 0.25) is 0 Å². The predicted molar refractivity (Wildman–Crippen MR) is 95.2 cm³/mol. The van der Waals surface area contributed by atoms with Crippen LogP contribution in [-0.2, 0) is 19.9 Å². The molecule has 0 aliphatic carbocycles. The third kappa shape index (κ3) is 1.89. The van der Waals surface area contributed by atoms with Crippen LogP contribution in [0.1, 0.15) is 12.5 Å². The molecule has 4 atom stereocenters. The maximum absolute atomic E-state index is 13.7. The molecule has 2 saturated heterocycles. The Morgan fingerprint density at radius 3 is 2.59 bits per heavy atom. The summed E-state index contributed by atoms with van der Waals surface area (Å²) in [6.07, 6.45) is 0. The third-order valence-corrected chi connectivity index (χ3v) is 5.84. The average Bonchev–Trinajstić information content (AvgIpc) is 3.20. The van der Waals surface area contributed by atoms with Gasteiger partial charge in [-0.05, 0) is 31.2 Å². The number of halogens is 1. The van der Waals surface area contributed by atoms with E-state index in [1.165, 1.54) is 18.2 Å². The van der Waals surface area contributed by atoms with Crippen molar-refractivity contribution < 1.29 is 18.8 Å². The Hall–Kier alpha value is -3.06. The highest BCUT2D eigenvalue weighted by Crippen LogP contribution is 2.53. The molecule has 2 aromatic rings. The lowest BCUT2D eigenvalue weighted by molar-refractivity contribution is -0.130. The standard InChI is InChI=1S/C20H16FN3O3/c1-10-15-16(18(26)24(17(15)25)12-6-4-5-11(21)9-12)20(23-10)13-7-2-3-8-14(13)22-19(20)27/h2-10,15-16,23H,1H3,(H,22,27)/t10-,15+,16+,20-/m0/s1. The molecule has 3 aliphatic rings. The van der Waals surface area contributed by atoms with E-state index in [9.17, 15) is 18.8 Å². The van der Waals surface area contributed by atoms with E-state index in [1.807, 2.05) is 0 Å². The first-order valence-corrected chi connectivity index (χ1v) is 8.77. The Balaban J connectivity index is 1.67. The van der Waals surface area contributed by atoms with Gasteiger partial charge in [0.25, 0.3) is 0 Å². The Morgan fingerprint density at radius 1 is 1.04 bits per heavy atom. The molecule has 6 nitrogen and oxygen atoms in total. The zero-order valence-electron chi connectivity index (χ0n) is 14.4. The number of fused-ring (bicyclic) bond motifs is 4. The van der Waals surface area contributed by atoms with Gasteiger partial charge in [0, 0.05) is 17.3 Å². The van der Waals surface area contributed by atoms with Crippen LogP contribution in [0.25, 0.3) is 0 Å². The maximum Gasteiger partial charge on any atom is 0.250 e. The predicted octanol–water partition coefficient (Wildman–Crippen LogP) is 1.77. The maximum atomic E-state index is 13.7. The molecule has 0 aromatic heterocycles. The van der Waals surface area contributed by atoms with Crippen molar-refractivity contribution in [3.63, 3.8) is 0 Å². The lowest BCUT2D eigenvalue weighted by Crippen LogP contribution is -2.53. The summed E-state index contributed by atoms with van der Waals surface area (Å²) in [6, 6.07) is 12.2. The number of nitrogens with one attached hydrogen (secondary N) is 2. The van der Waals surface area contributed by atoms with E-state index in [2.05, 4.69) is 10.6 Å². The summed E-state index contributed by atoms with van der Waals surface area (Å²) in [7, 11) is 0. The van der Waals surface area contributed by atoms with Gasteiger partial charge in [0.15, 0.2) is 0 Å². The van der Waals surface area contributed by atoms with E-state index in [0.29, 0.717) is 11.3 Å².